The van der Waals surface area contributed by atoms with Gasteiger partial charge in [0.1, 0.15) is 0 Å². The van der Waals surface area contributed by atoms with Crippen LogP contribution in [0, 0.1) is 0 Å². The van der Waals surface area contributed by atoms with Gasteiger partial charge in [-0.25, -0.2) is 12.7 Å². The van der Waals surface area contributed by atoms with Crippen LogP contribution in [0.1, 0.15) is 40.5 Å². The van der Waals surface area contributed by atoms with Gasteiger partial charge in [0.15, 0.2) is 0 Å². The topological polar surface area (TPSA) is 37.4 Å². The van der Waals surface area contributed by atoms with Crippen molar-refractivity contribution in [2.45, 2.75) is 45.8 Å². The molecule has 13 heavy (non-hydrogen) atoms. The van der Waals surface area contributed by atoms with Crippen molar-refractivity contribution in [3.63, 3.8) is 0 Å². The molecule has 0 aliphatic rings. The zero-order valence-corrected chi connectivity index (χ0v) is 9.89. The second-order valence-corrected chi connectivity index (χ2v) is 5.93. The molecule has 0 bridgehead atoms. The fourth-order valence-electron chi connectivity index (χ4n) is 1.10. The lowest BCUT2D eigenvalue weighted by Gasteiger charge is -2.22. The van der Waals surface area contributed by atoms with Gasteiger partial charge in [-0.1, -0.05) is 20.3 Å². The number of unbranched alkanes of at least 4 members (excludes halogenated alkanes) is 1. The lowest BCUT2D eigenvalue weighted by molar-refractivity contribution is 0.414. The Bertz CT molecular complexity index is 222. The van der Waals surface area contributed by atoms with Crippen LogP contribution in [0.2, 0.25) is 0 Å². The molecule has 3 nitrogen and oxygen atoms in total. The van der Waals surface area contributed by atoms with Crippen molar-refractivity contribution < 1.29 is 8.42 Å². The monoisotopic (exact) mass is 207 g/mol. The minimum absolute atomic E-state index is 0.302. The molecule has 0 aliphatic carbocycles. The molecule has 0 rings (SSSR count). The Morgan fingerprint density at radius 3 is 2.08 bits per heavy atom. The molecule has 0 fully saturated rings. The normalized spacial score (nSPS) is 12.8. The molecular formula is C9H21NO2S. The van der Waals surface area contributed by atoms with Crippen LogP contribution in [-0.4, -0.2) is 31.1 Å². The molecule has 0 saturated carbocycles. The van der Waals surface area contributed by atoms with E-state index in [2.05, 4.69) is 6.92 Å². The third kappa shape index (κ3) is 3.65. The van der Waals surface area contributed by atoms with E-state index in [0.29, 0.717) is 13.1 Å². The maximum absolute atomic E-state index is 11.7. The van der Waals surface area contributed by atoms with E-state index < -0.39 is 10.0 Å². The van der Waals surface area contributed by atoms with Gasteiger partial charge in [0.05, 0.1) is 5.25 Å². The maximum Gasteiger partial charge on any atom is 0.216 e. The van der Waals surface area contributed by atoms with Gasteiger partial charge in [-0.05, 0) is 20.3 Å². The summed E-state index contributed by atoms with van der Waals surface area (Å²) in [5.74, 6) is 0. The van der Waals surface area contributed by atoms with Crippen LogP contribution in [-0.2, 0) is 10.0 Å². The summed E-state index contributed by atoms with van der Waals surface area (Å²) in [4.78, 5) is 0. The zero-order chi connectivity index (χ0) is 10.5. The average Bonchev–Trinajstić information content (AvgIpc) is 2.05. The molecule has 0 N–H and O–H groups in total. The van der Waals surface area contributed by atoms with Crippen LogP contribution in [0.5, 0.6) is 0 Å². The quantitative estimate of drug-likeness (QED) is 0.666. The maximum atomic E-state index is 11.7. The Labute approximate surface area is 82.2 Å². The van der Waals surface area contributed by atoms with Crippen LogP contribution < -0.4 is 0 Å². The van der Waals surface area contributed by atoms with E-state index in [1.807, 2.05) is 6.92 Å². The standard InChI is InChI=1S/C9H21NO2S/c1-5-7-8-10(6-2)13(11,12)9(3)4/h9H,5-8H2,1-4H3. The first-order chi connectivity index (χ1) is 5.96. The van der Waals surface area contributed by atoms with E-state index in [0.717, 1.165) is 12.8 Å². The molecule has 80 valence electrons. The summed E-state index contributed by atoms with van der Waals surface area (Å²) in [5, 5.41) is -0.302. The number of sulfonamides is 1. The van der Waals surface area contributed by atoms with Crippen molar-refractivity contribution in [3.05, 3.63) is 0 Å². The van der Waals surface area contributed by atoms with Gasteiger partial charge in [-0.2, -0.15) is 0 Å². The Hall–Kier alpha value is -0.0900. The molecule has 0 unspecified atom stereocenters. The highest BCUT2D eigenvalue weighted by Gasteiger charge is 2.23. The first kappa shape index (κ1) is 12.9. The molecule has 0 aromatic heterocycles. The minimum atomic E-state index is -3.03. The highest BCUT2D eigenvalue weighted by molar-refractivity contribution is 7.89. The van der Waals surface area contributed by atoms with Crippen molar-refractivity contribution in [1.82, 2.24) is 4.31 Å². The van der Waals surface area contributed by atoms with E-state index >= 15 is 0 Å². The molecule has 4 heteroatoms. The van der Waals surface area contributed by atoms with Gasteiger partial charge in [0.2, 0.25) is 10.0 Å². The van der Waals surface area contributed by atoms with Gasteiger partial charge >= 0.3 is 0 Å². The van der Waals surface area contributed by atoms with Crippen LogP contribution in [0.15, 0.2) is 0 Å². The summed E-state index contributed by atoms with van der Waals surface area (Å²) in [6, 6.07) is 0. The van der Waals surface area contributed by atoms with E-state index in [-0.39, 0.29) is 5.25 Å². The van der Waals surface area contributed by atoms with Crippen molar-refractivity contribution in [2.75, 3.05) is 13.1 Å². The largest absolute Gasteiger partial charge is 0.216 e. The van der Waals surface area contributed by atoms with E-state index in [1.54, 1.807) is 18.2 Å². The van der Waals surface area contributed by atoms with Crippen molar-refractivity contribution >= 4 is 10.0 Å². The average molecular weight is 207 g/mol. The Morgan fingerprint density at radius 2 is 1.77 bits per heavy atom. The molecule has 0 heterocycles. The predicted molar refractivity (Wildman–Crippen MR) is 56.2 cm³/mol. The summed E-state index contributed by atoms with van der Waals surface area (Å²) < 4.78 is 25.0. The number of rotatable bonds is 6. The predicted octanol–water partition coefficient (Wildman–Crippen LogP) is 1.85. The lowest BCUT2D eigenvalue weighted by Crippen LogP contribution is -2.36. The Kier molecular flexibility index (Phi) is 5.56. The van der Waals surface area contributed by atoms with Gasteiger partial charge in [0.25, 0.3) is 0 Å². The summed E-state index contributed by atoms with van der Waals surface area (Å²) in [6.45, 7) is 8.65. The van der Waals surface area contributed by atoms with Crippen molar-refractivity contribution in [2.24, 2.45) is 0 Å². The van der Waals surface area contributed by atoms with E-state index in [4.69, 9.17) is 0 Å². The fourth-order valence-corrected chi connectivity index (χ4v) is 2.44. The fraction of sp³-hybridized carbons (Fsp3) is 1.00. The van der Waals surface area contributed by atoms with Crippen LogP contribution in [0.4, 0.5) is 0 Å². The number of hydrogen-bond acceptors (Lipinski definition) is 2. The van der Waals surface area contributed by atoms with Gasteiger partial charge in [-0.3, -0.25) is 0 Å². The van der Waals surface area contributed by atoms with E-state index in [1.165, 1.54) is 0 Å². The number of hydrogen-bond donors (Lipinski definition) is 0. The van der Waals surface area contributed by atoms with Gasteiger partial charge in [0, 0.05) is 13.1 Å². The SMILES string of the molecule is CCCCN(CC)S(=O)(=O)C(C)C. The molecular weight excluding hydrogens is 186 g/mol. The van der Waals surface area contributed by atoms with Crippen LogP contribution in [0.25, 0.3) is 0 Å². The first-order valence-electron chi connectivity index (χ1n) is 4.95. The highest BCUT2D eigenvalue weighted by atomic mass is 32.2. The molecule has 0 aliphatic heterocycles. The molecule has 0 atom stereocenters. The third-order valence-corrected chi connectivity index (χ3v) is 4.42. The molecule has 0 saturated heterocycles. The molecule has 0 aromatic carbocycles. The molecule has 0 amide bonds. The van der Waals surface area contributed by atoms with Crippen LogP contribution in [0.3, 0.4) is 0 Å². The van der Waals surface area contributed by atoms with Gasteiger partial charge in [-0.15, -0.1) is 0 Å². The second kappa shape index (κ2) is 5.60. The smallest absolute Gasteiger partial charge is 0.212 e. The Balaban J connectivity index is 4.39. The van der Waals surface area contributed by atoms with E-state index in [9.17, 15) is 8.42 Å². The van der Waals surface area contributed by atoms with Crippen molar-refractivity contribution in [3.8, 4) is 0 Å². The summed E-state index contributed by atoms with van der Waals surface area (Å²) in [5.41, 5.74) is 0. The van der Waals surface area contributed by atoms with Crippen LogP contribution >= 0.6 is 0 Å². The number of nitrogens with zero attached hydrogens (tertiary/aromatic N) is 1. The lowest BCUT2D eigenvalue weighted by atomic mass is 10.3. The second-order valence-electron chi connectivity index (χ2n) is 3.44. The summed E-state index contributed by atoms with van der Waals surface area (Å²) >= 11 is 0. The summed E-state index contributed by atoms with van der Waals surface area (Å²) in [7, 11) is -3.03. The van der Waals surface area contributed by atoms with Crippen molar-refractivity contribution in [1.29, 1.82) is 0 Å². The molecule has 0 spiro atoms. The summed E-state index contributed by atoms with van der Waals surface area (Å²) in [6.07, 6.45) is 1.98. The molecule has 0 aromatic rings. The zero-order valence-electron chi connectivity index (χ0n) is 9.08. The Morgan fingerprint density at radius 1 is 1.23 bits per heavy atom. The molecule has 0 radical (unpaired) electrons. The highest BCUT2D eigenvalue weighted by Crippen LogP contribution is 2.09. The van der Waals surface area contributed by atoms with Gasteiger partial charge < -0.3 is 0 Å². The minimum Gasteiger partial charge on any atom is -0.212 e. The first-order valence-corrected chi connectivity index (χ1v) is 6.46. The third-order valence-electron chi connectivity index (χ3n) is 2.07.